The van der Waals surface area contributed by atoms with Crippen molar-refractivity contribution in [2.45, 2.75) is 13.0 Å². The highest BCUT2D eigenvalue weighted by Crippen LogP contribution is 2.24. The summed E-state index contributed by atoms with van der Waals surface area (Å²) in [5.41, 5.74) is 9.63. The highest BCUT2D eigenvalue weighted by molar-refractivity contribution is 5.97. The van der Waals surface area contributed by atoms with E-state index < -0.39 is 0 Å². The number of nitrogens with zero attached hydrogens (tertiary/aromatic N) is 3. The van der Waals surface area contributed by atoms with E-state index in [0.29, 0.717) is 30.9 Å². The fourth-order valence-corrected chi connectivity index (χ4v) is 3.27. The van der Waals surface area contributed by atoms with Gasteiger partial charge >= 0.3 is 0 Å². The molecule has 3 heterocycles. The van der Waals surface area contributed by atoms with Crippen molar-refractivity contribution in [2.24, 2.45) is 0 Å². The number of benzene rings is 1. The first kappa shape index (κ1) is 16.5. The molecule has 2 aromatic heterocycles. The first-order valence-corrected chi connectivity index (χ1v) is 8.60. The van der Waals surface area contributed by atoms with Gasteiger partial charge in [0.05, 0.1) is 29.9 Å². The topological polar surface area (TPSA) is 81.3 Å². The maximum Gasteiger partial charge on any atom is 0.255 e. The van der Waals surface area contributed by atoms with E-state index in [0.717, 1.165) is 22.3 Å². The van der Waals surface area contributed by atoms with Crippen molar-refractivity contribution < 1.29 is 9.53 Å². The lowest BCUT2D eigenvalue weighted by atomic mass is 10.1. The van der Waals surface area contributed by atoms with Gasteiger partial charge in [-0.15, -0.1) is 0 Å². The van der Waals surface area contributed by atoms with Crippen LogP contribution in [0.3, 0.4) is 0 Å². The van der Waals surface area contributed by atoms with Crippen molar-refractivity contribution in [2.75, 3.05) is 25.4 Å². The van der Waals surface area contributed by atoms with Gasteiger partial charge in [-0.2, -0.15) is 0 Å². The number of nitrogen functional groups attached to an aromatic ring is 1. The molecule has 1 fully saturated rings. The van der Waals surface area contributed by atoms with Crippen molar-refractivity contribution in [3.8, 4) is 0 Å². The van der Waals surface area contributed by atoms with Crippen molar-refractivity contribution in [3.63, 3.8) is 0 Å². The highest BCUT2D eigenvalue weighted by atomic mass is 16.5. The Kier molecular flexibility index (Phi) is 4.26. The average molecular weight is 348 g/mol. The van der Waals surface area contributed by atoms with Gasteiger partial charge in [0.25, 0.3) is 5.91 Å². The van der Waals surface area contributed by atoms with E-state index in [1.54, 1.807) is 11.1 Å². The number of amides is 1. The molecule has 0 saturated carbocycles. The minimum atomic E-state index is -0.275. The summed E-state index contributed by atoms with van der Waals surface area (Å²) >= 11 is 0. The lowest BCUT2D eigenvalue weighted by molar-refractivity contribution is -0.0247. The normalized spacial score (nSPS) is 17.4. The zero-order valence-corrected chi connectivity index (χ0v) is 14.6. The van der Waals surface area contributed by atoms with Crippen LogP contribution < -0.4 is 5.73 Å². The lowest BCUT2D eigenvalue weighted by Crippen LogP contribution is -2.42. The molecule has 1 aliphatic heterocycles. The molecule has 0 spiro atoms. The summed E-state index contributed by atoms with van der Waals surface area (Å²) in [6, 6.07) is 13.3. The Balaban J connectivity index is 1.57. The molecule has 0 radical (unpaired) electrons. The van der Waals surface area contributed by atoms with Gasteiger partial charge < -0.3 is 15.4 Å². The Labute approximate surface area is 151 Å². The molecule has 3 aromatic rings. The molecule has 2 N–H and O–H groups in total. The number of morpholine rings is 1. The van der Waals surface area contributed by atoms with E-state index in [1.165, 1.54) is 0 Å². The molecule has 6 heteroatoms. The van der Waals surface area contributed by atoms with Crippen LogP contribution in [-0.2, 0) is 4.74 Å². The molecular formula is C20H20N4O2. The Morgan fingerprint density at radius 3 is 2.96 bits per heavy atom. The number of aromatic nitrogens is 2. The highest BCUT2D eigenvalue weighted by Gasteiger charge is 2.27. The molecule has 0 aliphatic carbocycles. The summed E-state index contributed by atoms with van der Waals surface area (Å²) < 4.78 is 5.83. The molecule has 1 aromatic carbocycles. The van der Waals surface area contributed by atoms with Crippen LogP contribution >= 0.6 is 0 Å². The second-order valence-electron chi connectivity index (χ2n) is 6.49. The average Bonchev–Trinajstić information content (AvgIpc) is 2.66. The Hall–Kier alpha value is -2.99. The summed E-state index contributed by atoms with van der Waals surface area (Å²) in [6.45, 7) is 3.35. The number of carbonyl (C=O) groups excluding carboxylic acids is 1. The fraction of sp³-hybridized carbons (Fsp3) is 0.250. The summed E-state index contributed by atoms with van der Waals surface area (Å²) in [7, 11) is 0. The van der Waals surface area contributed by atoms with Gasteiger partial charge in [0.2, 0.25) is 0 Å². The van der Waals surface area contributed by atoms with E-state index in [1.807, 2.05) is 49.4 Å². The van der Waals surface area contributed by atoms with E-state index in [4.69, 9.17) is 10.5 Å². The maximum absolute atomic E-state index is 12.9. The second-order valence-corrected chi connectivity index (χ2v) is 6.49. The molecule has 4 rings (SSSR count). The van der Waals surface area contributed by atoms with Crippen molar-refractivity contribution >= 4 is 22.5 Å². The van der Waals surface area contributed by atoms with E-state index in [-0.39, 0.29) is 12.0 Å². The maximum atomic E-state index is 12.9. The summed E-state index contributed by atoms with van der Waals surface area (Å²) in [5.74, 6) is -0.0443. The minimum Gasteiger partial charge on any atom is -0.399 e. The second kappa shape index (κ2) is 6.72. The number of aryl methyl sites for hydroxylation is 1. The molecule has 1 atom stereocenters. The van der Waals surface area contributed by atoms with Crippen molar-refractivity contribution in [1.29, 1.82) is 0 Å². The molecule has 132 valence electrons. The zero-order chi connectivity index (χ0) is 18.1. The number of hydrogen-bond acceptors (Lipinski definition) is 5. The number of anilines is 1. The van der Waals surface area contributed by atoms with Gasteiger partial charge in [0.1, 0.15) is 6.10 Å². The number of carbonyl (C=O) groups is 1. The molecule has 1 aliphatic rings. The largest absolute Gasteiger partial charge is 0.399 e. The van der Waals surface area contributed by atoms with Gasteiger partial charge in [-0.1, -0.05) is 18.2 Å². The molecule has 26 heavy (non-hydrogen) atoms. The van der Waals surface area contributed by atoms with E-state index in [2.05, 4.69) is 9.97 Å². The summed E-state index contributed by atoms with van der Waals surface area (Å²) in [6.07, 6.45) is 1.36. The van der Waals surface area contributed by atoms with Crippen LogP contribution in [0.15, 0.2) is 48.7 Å². The third kappa shape index (κ3) is 3.23. The molecule has 1 amide bonds. The fourth-order valence-electron chi connectivity index (χ4n) is 3.27. The third-order valence-electron chi connectivity index (χ3n) is 4.52. The Morgan fingerprint density at radius 2 is 2.12 bits per heavy atom. The number of rotatable bonds is 2. The van der Waals surface area contributed by atoms with Crippen LogP contribution in [0.5, 0.6) is 0 Å². The number of hydrogen-bond donors (Lipinski definition) is 1. The van der Waals surface area contributed by atoms with E-state index >= 15 is 0 Å². The van der Waals surface area contributed by atoms with Gasteiger partial charge in [0.15, 0.2) is 0 Å². The van der Waals surface area contributed by atoms with Crippen molar-refractivity contribution in [3.05, 3.63) is 65.6 Å². The SMILES string of the molecule is Cc1cc(N)cc([C@@H]2CN(C(=O)c3cnc4ccccc4c3)CCO2)n1. The van der Waals surface area contributed by atoms with Gasteiger partial charge in [0, 0.05) is 29.5 Å². The smallest absolute Gasteiger partial charge is 0.255 e. The summed E-state index contributed by atoms with van der Waals surface area (Å²) in [5, 5.41) is 0.955. The molecular weight excluding hydrogens is 328 g/mol. The number of fused-ring (bicyclic) bond motifs is 1. The Bertz CT molecular complexity index is 953. The van der Waals surface area contributed by atoms with Gasteiger partial charge in [-0.25, -0.2) is 0 Å². The third-order valence-corrected chi connectivity index (χ3v) is 4.52. The number of nitrogens with two attached hydrogens (primary N) is 1. The number of para-hydroxylation sites is 1. The standard InChI is InChI=1S/C20H20N4O2/c1-13-8-16(21)10-18(23-13)19-12-24(6-7-26-19)20(25)15-9-14-4-2-3-5-17(14)22-11-15/h2-5,8-11,19H,6-7,12H2,1H3,(H2,21,23)/t19-/m0/s1. The first-order chi connectivity index (χ1) is 12.6. The van der Waals surface area contributed by atoms with Crippen LogP contribution in [-0.4, -0.2) is 40.5 Å². The van der Waals surface area contributed by atoms with Crippen LogP contribution in [0, 0.1) is 6.92 Å². The number of ether oxygens (including phenoxy) is 1. The van der Waals surface area contributed by atoms with Crippen molar-refractivity contribution in [1.82, 2.24) is 14.9 Å². The van der Waals surface area contributed by atoms with Crippen LogP contribution in [0.2, 0.25) is 0 Å². The monoisotopic (exact) mass is 348 g/mol. The lowest BCUT2D eigenvalue weighted by Gasteiger charge is -2.33. The molecule has 6 nitrogen and oxygen atoms in total. The Morgan fingerprint density at radius 1 is 1.27 bits per heavy atom. The first-order valence-electron chi connectivity index (χ1n) is 8.60. The summed E-state index contributed by atoms with van der Waals surface area (Å²) in [4.78, 5) is 23.6. The van der Waals surface area contributed by atoms with Gasteiger partial charge in [-0.05, 0) is 31.2 Å². The zero-order valence-electron chi connectivity index (χ0n) is 14.6. The molecule has 0 unspecified atom stereocenters. The van der Waals surface area contributed by atoms with E-state index in [9.17, 15) is 4.79 Å². The minimum absolute atomic E-state index is 0.0443. The van der Waals surface area contributed by atoms with Crippen LogP contribution in [0.4, 0.5) is 5.69 Å². The van der Waals surface area contributed by atoms with Crippen LogP contribution in [0.1, 0.15) is 27.8 Å². The molecule has 1 saturated heterocycles. The van der Waals surface area contributed by atoms with Crippen LogP contribution in [0.25, 0.3) is 10.9 Å². The number of pyridine rings is 2. The van der Waals surface area contributed by atoms with Gasteiger partial charge in [-0.3, -0.25) is 14.8 Å². The predicted octanol–water partition coefficient (Wildman–Crippen LogP) is 2.73. The molecule has 0 bridgehead atoms. The predicted molar refractivity (Wildman–Crippen MR) is 99.7 cm³/mol. The quantitative estimate of drug-likeness (QED) is 0.770.